The molecule has 108 valence electrons. The smallest absolute Gasteiger partial charge is 0.195 e. The zero-order valence-corrected chi connectivity index (χ0v) is 12.8. The second kappa shape index (κ2) is 4.74. The van der Waals surface area contributed by atoms with Crippen LogP contribution in [0.1, 0.15) is 31.9 Å². The lowest BCUT2D eigenvalue weighted by Crippen LogP contribution is -2.25. The van der Waals surface area contributed by atoms with Crippen LogP contribution >= 0.6 is 11.3 Å². The van der Waals surface area contributed by atoms with Crippen LogP contribution in [0, 0.1) is 11.8 Å². The molecule has 20 heavy (non-hydrogen) atoms. The van der Waals surface area contributed by atoms with Gasteiger partial charge in [-0.3, -0.25) is 4.40 Å². The van der Waals surface area contributed by atoms with E-state index in [1.165, 1.54) is 43.9 Å². The first-order valence-electron chi connectivity index (χ1n) is 7.67. The van der Waals surface area contributed by atoms with E-state index < -0.39 is 0 Å². The van der Waals surface area contributed by atoms with E-state index in [2.05, 4.69) is 27.8 Å². The van der Waals surface area contributed by atoms with Crippen LogP contribution in [0.5, 0.6) is 0 Å². The van der Waals surface area contributed by atoms with Gasteiger partial charge in [0.2, 0.25) is 0 Å². The minimum Gasteiger partial charge on any atom is -0.354 e. The zero-order valence-electron chi connectivity index (χ0n) is 12.0. The van der Waals surface area contributed by atoms with Gasteiger partial charge in [-0.1, -0.05) is 6.42 Å². The van der Waals surface area contributed by atoms with Gasteiger partial charge in [0.05, 0.1) is 5.69 Å². The minimum atomic E-state index is 0.177. The molecule has 3 unspecified atom stereocenters. The molecule has 0 amide bonds. The van der Waals surface area contributed by atoms with Gasteiger partial charge in [-0.25, -0.2) is 4.98 Å². The van der Waals surface area contributed by atoms with Crippen molar-refractivity contribution in [3.05, 3.63) is 17.3 Å². The average molecular weight is 290 g/mol. The number of hydrogen-bond acceptors (Lipinski definition) is 4. The molecular formula is C15H22N4S. The summed E-state index contributed by atoms with van der Waals surface area (Å²) in [5, 5.41) is 2.11. The Labute approximate surface area is 123 Å². The van der Waals surface area contributed by atoms with E-state index in [0.717, 1.165) is 23.2 Å². The predicted octanol–water partition coefficient (Wildman–Crippen LogP) is 2.52. The van der Waals surface area contributed by atoms with Gasteiger partial charge in [0, 0.05) is 37.1 Å². The average Bonchev–Trinajstić information content (AvgIpc) is 3.07. The summed E-state index contributed by atoms with van der Waals surface area (Å²) in [4.78, 5) is 8.51. The minimum absolute atomic E-state index is 0.177. The van der Waals surface area contributed by atoms with Crippen LogP contribution in [0.2, 0.25) is 0 Å². The van der Waals surface area contributed by atoms with Crippen LogP contribution in [-0.2, 0) is 6.42 Å². The second-order valence-corrected chi connectivity index (χ2v) is 7.35. The number of imidazole rings is 1. The van der Waals surface area contributed by atoms with Crippen LogP contribution < -0.4 is 10.6 Å². The maximum atomic E-state index is 6.05. The number of thiazole rings is 1. The van der Waals surface area contributed by atoms with Gasteiger partial charge in [0.1, 0.15) is 0 Å². The standard InChI is InChI=1S/C15H22N4S/c1-10(16)7-13-14(17-15-19(13)5-6-20-15)18-8-11-3-2-4-12(11)9-18/h5-6,10-12H,2-4,7-9,16H2,1H3. The molecule has 0 radical (unpaired) electrons. The number of nitrogens with zero attached hydrogens (tertiary/aromatic N) is 3. The fraction of sp³-hybridized carbons (Fsp3) is 0.667. The summed E-state index contributed by atoms with van der Waals surface area (Å²) in [6, 6.07) is 0.177. The fourth-order valence-corrected chi connectivity index (χ4v) is 4.71. The van der Waals surface area contributed by atoms with Gasteiger partial charge in [0.15, 0.2) is 10.8 Å². The Morgan fingerprint density at radius 1 is 1.40 bits per heavy atom. The first-order valence-corrected chi connectivity index (χ1v) is 8.55. The van der Waals surface area contributed by atoms with Gasteiger partial charge in [-0.15, -0.1) is 11.3 Å². The van der Waals surface area contributed by atoms with Crippen LogP contribution in [-0.4, -0.2) is 28.5 Å². The number of anilines is 1. The van der Waals surface area contributed by atoms with E-state index in [4.69, 9.17) is 10.7 Å². The van der Waals surface area contributed by atoms with Crippen molar-refractivity contribution in [1.82, 2.24) is 9.38 Å². The normalized spacial score (nSPS) is 27.4. The maximum absolute atomic E-state index is 6.05. The number of fused-ring (bicyclic) bond motifs is 2. The second-order valence-electron chi connectivity index (χ2n) is 6.48. The lowest BCUT2D eigenvalue weighted by atomic mass is 10.0. The Kier molecular flexibility index (Phi) is 3.00. The van der Waals surface area contributed by atoms with E-state index in [0.29, 0.717) is 0 Å². The van der Waals surface area contributed by atoms with Gasteiger partial charge < -0.3 is 10.6 Å². The van der Waals surface area contributed by atoms with Crippen molar-refractivity contribution in [2.75, 3.05) is 18.0 Å². The van der Waals surface area contributed by atoms with E-state index in [1.807, 2.05) is 0 Å². The monoisotopic (exact) mass is 290 g/mol. The Balaban J connectivity index is 1.70. The van der Waals surface area contributed by atoms with Crippen LogP contribution in [0.25, 0.3) is 4.96 Å². The first kappa shape index (κ1) is 12.7. The van der Waals surface area contributed by atoms with Crippen molar-refractivity contribution in [3.8, 4) is 0 Å². The Morgan fingerprint density at radius 2 is 2.15 bits per heavy atom. The van der Waals surface area contributed by atoms with Crippen molar-refractivity contribution >= 4 is 22.1 Å². The highest BCUT2D eigenvalue weighted by atomic mass is 32.1. The molecular weight excluding hydrogens is 268 g/mol. The topological polar surface area (TPSA) is 46.6 Å². The van der Waals surface area contributed by atoms with Gasteiger partial charge in [-0.05, 0) is 31.6 Å². The highest BCUT2D eigenvalue weighted by Crippen LogP contribution is 2.40. The molecule has 0 bridgehead atoms. The van der Waals surface area contributed by atoms with E-state index in [9.17, 15) is 0 Å². The van der Waals surface area contributed by atoms with Crippen molar-refractivity contribution in [2.24, 2.45) is 17.6 Å². The summed E-state index contributed by atoms with van der Waals surface area (Å²) in [6.45, 7) is 4.47. The maximum Gasteiger partial charge on any atom is 0.195 e. The van der Waals surface area contributed by atoms with E-state index in [1.54, 1.807) is 11.3 Å². The number of hydrogen-bond donors (Lipinski definition) is 1. The third kappa shape index (κ3) is 1.95. The summed E-state index contributed by atoms with van der Waals surface area (Å²) < 4.78 is 2.23. The Bertz CT molecular complexity index is 602. The first-order chi connectivity index (χ1) is 9.72. The molecule has 1 saturated carbocycles. The molecule has 3 atom stereocenters. The molecule has 2 aromatic rings. The fourth-order valence-electron chi connectivity index (χ4n) is 3.98. The molecule has 2 aromatic heterocycles. The Morgan fingerprint density at radius 3 is 2.85 bits per heavy atom. The van der Waals surface area contributed by atoms with E-state index in [-0.39, 0.29) is 6.04 Å². The molecule has 0 aromatic carbocycles. The van der Waals surface area contributed by atoms with Gasteiger partial charge >= 0.3 is 0 Å². The van der Waals surface area contributed by atoms with Crippen LogP contribution in [0.15, 0.2) is 11.6 Å². The molecule has 0 spiro atoms. The van der Waals surface area contributed by atoms with Crippen molar-refractivity contribution in [3.63, 3.8) is 0 Å². The molecule has 5 heteroatoms. The summed E-state index contributed by atoms with van der Waals surface area (Å²) in [6.07, 6.45) is 7.27. The number of rotatable bonds is 3. The lowest BCUT2D eigenvalue weighted by Gasteiger charge is -2.19. The molecule has 4 rings (SSSR count). The molecule has 1 aliphatic heterocycles. The summed E-state index contributed by atoms with van der Waals surface area (Å²) >= 11 is 1.71. The third-order valence-electron chi connectivity index (χ3n) is 4.88. The van der Waals surface area contributed by atoms with Gasteiger partial charge in [-0.2, -0.15) is 0 Å². The van der Waals surface area contributed by atoms with Gasteiger partial charge in [0.25, 0.3) is 0 Å². The molecule has 1 saturated heterocycles. The summed E-state index contributed by atoms with van der Waals surface area (Å²) in [5.41, 5.74) is 7.35. The van der Waals surface area contributed by atoms with Crippen molar-refractivity contribution < 1.29 is 0 Å². The number of aromatic nitrogens is 2. The molecule has 2 aliphatic rings. The third-order valence-corrected chi connectivity index (χ3v) is 5.64. The van der Waals surface area contributed by atoms with Crippen molar-refractivity contribution in [1.29, 1.82) is 0 Å². The highest BCUT2D eigenvalue weighted by molar-refractivity contribution is 7.15. The lowest BCUT2D eigenvalue weighted by molar-refractivity contribution is 0.494. The number of nitrogens with two attached hydrogens (primary N) is 1. The molecule has 4 nitrogen and oxygen atoms in total. The molecule has 1 aliphatic carbocycles. The quantitative estimate of drug-likeness (QED) is 0.945. The van der Waals surface area contributed by atoms with Crippen LogP contribution in [0.4, 0.5) is 5.82 Å². The largest absolute Gasteiger partial charge is 0.354 e. The predicted molar refractivity (Wildman–Crippen MR) is 83.5 cm³/mol. The zero-order chi connectivity index (χ0) is 13.7. The molecule has 2 fully saturated rings. The SMILES string of the molecule is CC(N)Cc1c(N2CC3CCCC3C2)nc2sccn12. The molecule has 3 heterocycles. The Hall–Kier alpha value is -1.07. The summed E-state index contributed by atoms with van der Waals surface area (Å²) in [7, 11) is 0. The summed E-state index contributed by atoms with van der Waals surface area (Å²) in [5.74, 6) is 3.00. The van der Waals surface area contributed by atoms with Crippen LogP contribution in [0.3, 0.4) is 0 Å². The molecule has 2 N–H and O–H groups in total. The van der Waals surface area contributed by atoms with E-state index >= 15 is 0 Å². The highest BCUT2D eigenvalue weighted by Gasteiger charge is 2.37. The van der Waals surface area contributed by atoms with Crippen molar-refractivity contribution in [2.45, 2.75) is 38.6 Å².